The Labute approximate surface area is 64.7 Å². The van der Waals surface area contributed by atoms with Crippen LogP contribution < -0.4 is 0 Å². The second-order valence-corrected chi connectivity index (χ2v) is 3.56. The van der Waals surface area contributed by atoms with Crippen LogP contribution in [0.25, 0.3) is 0 Å². The van der Waals surface area contributed by atoms with Crippen molar-refractivity contribution in [1.82, 2.24) is 0 Å². The number of rotatable bonds is 1. The number of aryl methyl sites for hydroxylation is 1. The fourth-order valence-corrected chi connectivity index (χ4v) is 1.63. The van der Waals surface area contributed by atoms with E-state index in [1.165, 1.54) is 5.56 Å². The molecule has 0 heterocycles. The summed E-state index contributed by atoms with van der Waals surface area (Å²) in [5, 5.41) is 0. The molecule has 0 radical (unpaired) electrons. The molecule has 48 valence electrons. The zero-order chi connectivity index (χ0) is 6.69. The Morgan fingerprint density at radius 1 is 1.44 bits per heavy atom. The van der Waals surface area contributed by atoms with E-state index < -0.39 is 21.2 Å². The molecule has 1 aromatic carbocycles. The third-order valence-corrected chi connectivity index (χ3v) is 2.25. The first-order chi connectivity index (χ1) is 4.33. The van der Waals surface area contributed by atoms with Crippen LogP contribution in [0, 0.1) is 10.5 Å². The minimum absolute atomic E-state index is 0.957. The Hall–Kier alpha value is -0.250. The predicted molar refractivity (Wildman–Crippen MR) is 44.6 cm³/mol. The molecule has 0 aliphatic carbocycles. The lowest BCUT2D eigenvalue weighted by atomic mass is 10.2. The maximum absolute atomic E-state index is 10.4. The molecule has 0 amide bonds. The third kappa shape index (κ3) is 1.86. The first-order valence-corrected chi connectivity index (χ1v) is 4.62. The van der Waals surface area contributed by atoms with Crippen LogP contribution >= 0.6 is 21.2 Å². The van der Waals surface area contributed by atoms with Crippen molar-refractivity contribution < 1.29 is 3.07 Å². The lowest BCUT2D eigenvalue weighted by molar-refractivity contribution is 0.648. The second kappa shape index (κ2) is 3.06. The van der Waals surface area contributed by atoms with Crippen LogP contribution in [-0.2, 0) is 3.07 Å². The van der Waals surface area contributed by atoms with E-state index in [9.17, 15) is 3.07 Å². The Kier molecular flexibility index (Phi) is 2.33. The van der Waals surface area contributed by atoms with E-state index in [1.54, 1.807) is 0 Å². The van der Waals surface area contributed by atoms with Crippen molar-refractivity contribution in [2.24, 2.45) is 0 Å². The van der Waals surface area contributed by atoms with Gasteiger partial charge in [0.2, 0.25) is 0 Å². The van der Waals surface area contributed by atoms with Gasteiger partial charge in [0.25, 0.3) is 0 Å². The van der Waals surface area contributed by atoms with Crippen LogP contribution in [-0.4, -0.2) is 0 Å². The van der Waals surface area contributed by atoms with Crippen molar-refractivity contribution in [3.63, 3.8) is 0 Å². The van der Waals surface area contributed by atoms with Crippen LogP contribution in [0.5, 0.6) is 0 Å². The summed E-state index contributed by atoms with van der Waals surface area (Å²) in [7, 11) is 0. The molecule has 0 saturated carbocycles. The van der Waals surface area contributed by atoms with Gasteiger partial charge in [0.05, 0.1) is 0 Å². The lowest BCUT2D eigenvalue weighted by Crippen LogP contribution is -1.71. The molecular weight excluding hydrogens is 227 g/mol. The lowest BCUT2D eigenvalue weighted by Gasteiger charge is -1.88. The normalized spacial score (nSPS) is 9.44. The van der Waals surface area contributed by atoms with E-state index in [0.717, 1.165) is 3.57 Å². The molecule has 0 aliphatic heterocycles. The summed E-state index contributed by atoms with van der Waals surface area (Å²) in [6.45, 7) is 2.00. The average Bonchev–Trinajstić information content (AvgIpc) is 1.88. The van der Waals surface area contributed by atoms with Crippen LogP contribution in [0.15, 0.2) is 24.3 Å². The maximum atomic E-state index is 10.4. The van der Waals surface area contributed by atoms with Gasteiger partial charge in [-0.15, -0.1) is 0 Å². The Balaban J connectivity index is 3.07. The summed E-state index contributed by atoms with van der Waals surface area (Å²) in [6.07, 6.45) is 0. The highest BCUT2D eigenvalue weighted by Gasteiger charge is 1.87. The summed E-state index contributed by atoms with van der Waals surface area (Å²) >= 11 is -0.957. The summed E-state index contributed by atoms with van der Waals surface area (Å²) in [4.78, 5) is 0. The smallest absolute Gasteiger partial charge is 0.182 e. The Morgan fingerprint density at radius 3 is 2.67 bits per heavy atom. The van der Waals surface area contributed by atoms with Crippen LogP contribution in [0.4, 0.5) is 0 Å². The number of benzene rings is 1. The van der Waals surface area contributed by atoms with Gasteiger partial charge in [0, 0.05) is 3.57 Å². The molecule has 2 heteroatoms. The largest absolute Gasteiger partial charge is 0.265 e. The Bertz CT molecular complexity index is 220. The van der Waals surface area contributed by atoms with Crippen LogP contribution in [0.1, 0.15) is 5.56 Å². The molecule has 9 heavy (non-hydrogen) atoms. The monoisotopic (exact) mass is 234 g/mol. The highest BCUT2D eigenvalue weighted by atomic mass is 127. The van der Waals surface area contributed by atoms with Gasteiger partial charge in [0.1, 0.15) is 0 Å². The zero-order valence-electron chi connectivity index (χ0n) is 5.10. The van der Waals surface area contributed by atoms with Crippen molar-refractivity contribution in [1.29, 1.82) is 0 Å². The average molecular weight is 234 g/mol. The molecule has 0 aromatic heterocycles. The molecule has 0 bridgehead atoms. The first kappa shape index (κ1) is 6.86. The standard InChI is InChI=1S/C7H7IO/c1-6-3-2-4-7(5-6)8-9/h2-5H,1H3. The van der Waals surface area contributed by atoms with E-state index in [-0.39, 0.29) is 0 Å². The van der Waals surface area contributed by atoms with Crippen LogP contribution in [0.2, 0.25) is 0 Å². The van der Waals surface area contributed by atoms with Gasteiger partial charge in [-0.2, -0.15) is 0 Å². The van der Waals surface area contributed by atoms with Gasteiger partial charge in [-0.05, 0) is 24.6 Å². The van der Waals surface area contributed by atoms with Crippen molar-refractivity contribution in [3.05, 3.63) is 33.4 Å². The van der Waals surface area contributed by atoms with Gasteiger partial charge in [-0.25, -0.2) is 0 Å². The van der Waals surface area contributed by atoms with E-state index in [0.29, 0.717) is 0 Å². The molecule has 0 atom stereocenters. The molecule has 0 unspecified atom stereocenters. The van der Waals surface area contributed by atoms with Crippen molar-refractivity contribution in [2.75, 3.05) is 0 Å². The molecule has 1 nitrogen and oxygen atoms in total. The fraction of sp³-hybridized carbons (Fsp3) is 0.143. The first-order valence-electron chi connectivity index (χ1n) is 2.66. The van der Waals surface area contributed by atoms with Gasteiger partial charge in [0.15, 0.2) is 21.2 Å². The maximum Gasteiger partial charge on any atom is 0.182 e. The van der Waals surface area contributed by atoms with Crippen molar-refractivity contribution in [3.8, 4) is 0 Å². The van der Waals surface area contributed by atoms with Gasteiger partial charge < -0.3 is 0 Å². The Morgan fingerprint density at radius 2 is 2.22 bits per heavy atom. The molecule has 1 aromatic rings. The van der Waals surface area contributed by atoms with Gasteiger partial charge in [-0.1, -0.05) is 12.1 Å². The summed E-state index contributed by atoms with van der Waals surface area (Å²) in [5.74, 6) is 0. The summed E-state index contributed by atoms with van der Waals surface area (Å²) in [5.41, 5.74) is 1.18. The molecule has 0 fully saturated rings. The highest BCUT2D eigenvalue weighted by molar-refractivity contribution is 14.1. The molecule has 0 saturated heterocycles. The molecule has 0 N–H and O–H groups in total. The summed E-state index contributed by atoms with van der Waals surface area (Å²) in [6, 6.07) is 7.79. The van der Waals surface area contributed by atoms with E-state index >= 15 is 0 Å². The number of hydrogen-bond donors (Lipinski definition) is 0. The fourth-order valence-electron chi connectivity index (χ4n) is 0.654. The summed E-state index contributed by atoms with van der Waals surface area (Å²) < 4.78 is 11.4. The quantitative estimate of drug-likeness (QED) is 0.682. The van der Waals surface area contributed by atoms with Gasteiger partial charge in [-0.3, -0.25) is 3.07 Å². The zero-order valence-corrected chi connectivity index (χ0v) is 7.25. The minimum atomic E-state index is -0.957. The minimum Gasteiger partial charge on any atom is -0.265 e. The van der Waals surface area contributed by atoms with Crippen molar-refractivity contribution >= 4 is 21.2 Å². The number of hydrogen-bond acceptors (Lipinski definition) is 1. The molecule has 1 rings (SSSR count). The second-order valence-electron chi connectivity index (χ2n) is 1.88. The number of halogens is 1. The SMILES string of the molecule is Cc1cccc(I=O)c1. The van der Waals surface area contributed by atoms with Crippen molar-refractivity contribution in [2.45, 2.75) is 6.92 Å². The molecule has 0 spiro atoms. The molecular formula is C7H7IO. The van der Waals surface area contributed by atoms with Gasteiger partial charge >= 0.3 is 0 Å². The van der Waals surface area contributed by atoms with Crippen LogP contribution in [0.3, 0.4) is 0 Å². The van der Waals surface area contributed by atoms with E-state index in [4.69, 9.17) is 0 Å². The topological polar surface area (TPSA) is 17.1 Å². The highest BCUT2D eigenvalue weighted by Crippen LogP contribution is 2.10. The predicted octanol–water partition coefficient (Wildman–Crippen LogP) is 2.48. The third-order valence-electron chi connectivity index (χ3n) is 1.07. The van der Waals surface area contributed by atoms with E-state index in [1.807, 2.05) is 31.2 Å². The molecule has 0 aliphatic rings. The van der Waals surface area contributed by atoms with E-state index in [2.05, 4.69) is 0 Å².